The van der Waals surface area contributed by atoms with Gasteiger partial charge in [-0.3, -0.25) is 4.79 Å². The summed E-state index contributed by atoms with van der Waals surface area (Å²) < 4.78 is 4.46. The minimum atomic E-state index is -0.580. The highest BCUT2D eigenvalue weighted by Crippen LogP contribution is 1.97. The second-order valence-electron chi connectivity index (χ2n) is 2.96. The molecular weight excluding hydrogens is 206 g/mol. The van der Waals surface area contributed by atoms with Gasteiger partial charge in [-0.05, 0) is 19.8 Å². The number of amides is 1. The monoisotopic (exact) mass is 221 g/mol. The number of carbonyl (C=O) groups is 2. The highest BCUT2D eigenvalue weighted by molar-refractivity contribution is 6.17. The minimum absolute atomic E-state index is 0.145. The second-order valence-corrected chi connectivity index (χ2v) is 3.34. The Morgan fingerprint density at radius 3 is 2.57 bits per heavy atom. The van der Waals surface area contributed by atoms with E-state index in [-0.39, 0.29) is 5.91 Å². The van der Waals surface area contributed by atoms with E-state index in [4.69, 9.17) is 11.6 Å². The molecule has 5 heteroatoms. The summed E-state index contributed by atoms with van der Waals surface area (Å²) in [7, 11) is 1.29. The lowest BCUT2D eigenvalue weighted by Crippen LogP contribution is -2.38. The number of nitrogens with one attached hydrogen (secondary N) is 1. The van der Waals surface area contributed by atoms with Gasteiger partial charge in [0.05, 0.1) is 7.11 Å². The molecule has 0 spiro atoms. The van der Waals surface area contributed by atoms with Crippen molar-refractivity contribution in [3.8, 4) is 0 Å². The summed E-state index contributed by atoms with van der Waals surface area (Å²) in [6.07, 6.45) is 1.94. The lowest BCUT2D eigenvalue weighted by atomic mass is 10.2. The molecule has 0 heterocycles. The lowest BCUT2D eigenvalue weighted by molar-refractivity contribution is -0.144. The Bertz CT molecular complexity index is 196. The number of hydrogen-bond acceptors (Lipinski definition) is 3. The molecule has 0 aliphatic carbocycles. The van der Waals surface area contributed by atoms with Crippen LogP contribution in [0.25, 0.3) is 0 Å². The van der Waals surface area contributed by atoms with E-state index in [0.717, 1.165) is 12.8 Å². The van der Waals surface area contributed by atoms with Crippen LogP contribution in [0.15, 0.2) is 0 Å². The van der Waals surface area contributed by atoms with E-state index in [1.807, 2.05) is 0 Å². The number of rotatable bonds is 6. The van der Waals surface area contributed by atoms with Crippen LogP contribution in [0.2, 0.25) is 0 Å². The third-order valence-corrected chi connectivity index (χ3v) is 1.99. The first-order valence-corrected chi connectivity index (χ1v) is 5.08. The van der Waals surface area contributed by atoms with Crippen molar-refractivity contribution in [2.45, 2.75) is 32.2 Å². The number of methoxy groups -OCH3 is 1. The first kappa shape index (κ1) is 13.2. The van der Waals surface area contributed by atoms with Gasteiger partial charge in [-0.1, -0.05) is 0 Å². The summed E-state index contributed by atoms with van der Waals surface area (Å²) in [6, 6.07) is -0.580. The van der Waals surface area contributed by atoms with Gasteiger partial charge < -0.3 is 10.1 Å². The van der Waals surface area contributed by atoms with Crippen LogP contribution in [0.3, 0.4) is 0 Å². The molecule has 1 unspecified atom stereocenters. The first-order chi connectivity index (χ1) is 6.61. The lowest BCUT2D eigenvalue weighted by Gasteiger charge is -2.10. The fraction of sp³-hybridized carbons (Fsp3) is 0.778. The summed E-state index contributed by atoms with van der Waals surface area (Å²) in [5, 5.41) is 2.53. The SMILES string of the molecule is COC(=O)C(C)NC(=O)CCCCCl. The van der Waals surface area contributed by atoms with Gasteiger partial charge in [-0.25, -0.2) is 4.79 Å². The molecule has 0 fully saturated rings. The molecule has 0 aromatic rings. The van der Waals surface area contributed by atoms with Gasteiger partial charge in [-0.2, -0.15) is 0 Å². The van der Waals surface area contributed by atoms with E-state index in [2.05, 4.69) is 10.1 Å². The molecule has 1 amide bonds. The Morgan fingerprint density at radius 1 is 1.43 bits per heavy atom. The molecule has 0 bridgehead atoms. The number of carbonyl (C=O) groups excluding carboxylic acids is 2. The van der Waals surface area contributed by atoms with Crippen LogP contribution in [-0.2, 0) is 14.3 Å². The molecule has 0 radical (unpaired) electrons. The van der Waals surface area contributed by atoms with Gasteiger partial charge in [0.1, 0.15) is 6.04 Å². The zero-order valence-electron chi connectivity index (χ0n) is 8.51. The Kier molecular flexibility index (Phi) is 7.20. The second kappa shape index (κ2) is 7.62. The molecule has 1 N–H and O–H groups in total. The molecule has 4 nitrogen and oxygen atoms in total. The van der Waals surface area contributed by atoms with Crippen molar-refractivity contribution in [3.63, 3.8) is 0 Å². The number of ether oxygens (including phenoxy) is 1. The van der Waals surface area contributed by atoms with E-state index in [1.54, 1.807) is 6.92 Å². The number of halogens is 1. The van der Waals surface area contributed by atoms with Crippen molar-refractivity contribution in [2.75, 3.05) is 13.0 Å². The van der Waals surface area contributed by atoms with Crippen molar-refractivity contribution in [3.05, 3.63) is 0 Å². The van der Waals surface area contributed by atoms with Crippen LogP contribution in [-0.4, -0.2) is 30.9 Å². The van der Waals surface area contributed by atoms with Gasteiger partial charge in [0, 0.05) is 12.3 Å². The molecule has 0 saturated heterocycles. The van der Waals surface area contributed by atoms with Gasteiger partial charge in [0.2, 0.25) is 5.91 Å². The summed E-state index contributed by atoms with van der Waals surface area (Å²) in [5.74, 6) is -0.0245. The smallest absolute Gasteiger partial charge is 0.328 e. The predicted molar refractivity (Wildman–Crippen MR) is 54.2 cm³/mol. The maximum absolute atomic E-state index is 11.2. The van der Waals surface area contributed by atoms with Crippen molar-refractivity contribution in [2.24, 2.45) is 0 Å². The van der Waals surface area contributed by atoms with E-state index >= 15 is 0 Å². The minimum Gasteiger partial charge on any atom is -0.467 e. The Balaban J connectivity index is 3.65. The van der Waals surface area contributed by atoms with Gasteiger partial charge in [0.15, 0.2) is 0 Å². The summed E-state index contributed by atoms with van der Waals surface area (Å²) in [6.45, 7) is 1.59. The van der Waals surface area contributed by atoms with Crippen molar-refractivity contribution < 1.29 is 14.3 Å². The van der Waals surface area contributed by atoms with Crippen molar-refractivity contribution in [1.29, 1.82) is 0 Å². The molecule has 14 heavy (non-hydrogen) atoms. The average Bonchev–Trinajstić information content (AvgIpc) is 2.16. The average molecular weight is 222 g/mol. The normalized spacial score (nSPS) is 11.9. The van der Waals surface area contributed by atoms with Gasteiger partial charge in [-0.15, -0.1) is 11.6 Å². The number of esters is 1. The Morgan fingerprint density at radius 2 is 2.07 bits per heavy atom. The molecule has 0 saturated carbocycles. The standard InChI is InChI=1S/C9H16ClNO3/c1-7(9(13)14-2)11-8(12)5-3-4-6-10/h7H,3-6H2,1-2H3,(H,11,12). The molecule has 0 aromatic carbocycles. The van der Waals surface area contributed by atoms with Crippen LogP contribution in [0.4, 0.5) is 0 Å². The van der Waals surface area contributed by atoms with E-state index in [9.17, 15) is 9.59 Å². The third kappa shape index (κ3) is 5.80. The van der Waals surface area contributed by atoms with Crippen LogP contribution < -0.4 is 5.32 Å². The Labute approximate surface area is 88.9 Å². The fourth-order valence-electron chi connectivity index (χ4n) is 0.929. The van der Waals surface area contributed by atoms with E-state index < -0.39 is 12.0 Å². The maximum atomic E-state index is 11.2. The zero-order valence-corrected chi connectivity index (χ0v) is 9.26. The molecular formula is C9H16ClNO3. The van der Waals surface area contributed by atoms with Crippen LogP contribution >= 0.6 is 11.6 Å². The van der Waals surface area contributed by atoms with Gasteiger partial charge >= 0.3 is 5.97 Å². The molecule has 0 aliphatic heterocycles. The van der Waals surface area contributed by atoms with E-state index in [0.29, 0.717) is 12.3 Å². The topological polar surface area (TPSA) is 55.4 Å². The van der Waals surface area contributed by atoms with Crippen LogP contribution in [0.1, 0.15) is 26.2 Å². The quantitative estimate of drug-likeness (QED) is 0.415. The molecule has 1 atom stereocenters. The first-order valence-electron chi connectivity index (χ1n) is 4.55. The predicted octanol–water partition coefficient (Wildman–Crippen LogP) is 1.07. The fourth-order valence-corrected chi connectivity index (χ4v) is 1.12. The number of hydrogen-bond donors (Lipinski definition) is 1. The third-order valence-electron chi connectivity index (χ3n) is 1.72. The van der Waals surface area contributed by atoms with E-state index in [1.165, 1.54) is 7.11 Å². The van der Waals surface area contributed by atoms with Crippen LogP contribution in [0, 0.1) is 0 Å². The maximum Gasteiger partial charge on any atom is 0.328 e. The molecule has 0 aromatic heterocycles. The van der Waals surface area contributed by atoms with Gasteiger partial charge in [0.25, 0.3) is 0 Å². The number of alkyl halides is 1. The number of unbranched alkanes of at least 4 members (excludes halogenated alkanes) is 1. The summed E-state index contributed by atoms with van der Waals surface area (Å²) >= 11 is 5.46. The molecule has 0 rings (SSSR count). The molecule has 0 aliphatic rings. The summed E-state index contributed by atoms with van der Waals surface area (Å²) in [4.78, 5) is 22.1. The Hall–Kier alpha value is -0.770. The highest BCUT2D eigenvalue weighted by atomic mass is 35.5. The van der Waals surface area contributed by atoms with Crippen molar-refractivity contribution in [1.82, 2.24) is 5.32 Å². The largest absolute Gasteiger partial charge is 0.467 e. The zero-order chi connectivity index (χ0) is 11.0. The highest BCUT2D eigenvalue weighted by Gasteiger charge is 2.14. The summed E-state index contributed by atoms with van der Waals surface area (Å²) in [5.41, 5.74) is 0. The van der Waals surface area contributed by atoms with Crippen LogP contribution in [0.5, 0.6) is 0 Å². The molecule has 82 valence electrons. The van der Waals surface area contributed by atoms with Crippen molar-refractivity contribution >= 4 is 23.5 Å².